The van der Waals surface area contributed by atoms with Crippen molar-refractivity contribution in [3.8, 4) is 11.5 Å². The predicted octanol–water partition coefficient (Wildman–Crippen LogP) is 2.13. The van der Waals surface area contributed by atoms with E-state index in [2.05, 4.69) is 5.32 Å². The average molecular weight is 398 g/mol. The summed E-state index contributed by atoms with van der Waals surface area (Å²) in [4.78, 5) is 26.9. The highest BCUT2D eigenvalue weighted by Gasteiger charge is 2.55. The maximum Gasteiger partial charge on any atom is 0.270 e. The van der Waals surface area contributed by atoms with Crippen molar-refractivity contribution in [2.75, 3.05) is 12.0 Å². The molecule has 2 N–H and O–H groups in total. The topological polar surface area (TPSA) is 88.1 Å². The summed E-state index contributed by atoms with van der Waals surface area (Å²) >= 11 is 0. The van der Waals surface area contributed by atoms with Gasteiger partial charge in [0.1, 0.15) is 17.5 Å². The van der Waals surface area contributed by atoms with E-state index in [0.717, 1.165) is 0 Å². The fourth-order valence-electron chi connectivity index (χ4n) is 3.20. The Bertz CT molecular complexity index is 861. The highest BCUT2D eigenvalue weighted by Crippen LogP contribution is 2.34. The first kappa shape index (κ1) is 20.7. The summed E-state index contributed by atoms with van der Waals surface area (Å²) < 4.78 is 11.0. The molecule has 0 saturated carbocycles. The lowest BCUT2D eigenvalue weighted by Gasteiger charge is -2.48. The van der Waals surface area contributed by atoms with Gasteiger partial charge in [0.05, 0.1) is 7.11 Å². The Kier molecular flexibility index (Phi) is 5.79. The van der Waals surface area contributed by atoms with Gasteiger partial charge in [-0.1, -0.05) is 18.2 Å². The summed E-state index contributed by atoms with van der Waals surface area (Å²) in [6.07, 6.45) is -2.43. The molecule has 2 amide bonds. The zero-order valence-electron chi connectivity index (χ0n) is 17.0. The molecule has 2 aromatic carbocycles. The monoisotopic (exact) mass is 398 g/mol. The quantitative estimate of drug-likeness (QED) is 0.728. The average Bonchev–Trinajstić information content (AvgIpc) is 2.69. The molecule has 1 aliphatic rings. The maximum atomic E-state index is 12.9. The van der Waals surface area contributed by atoms with Gasteiger partial charge < -0.3 is 19.9 Å². The summed E-state index contributed by atoms with van der Waals surface area (Å²) in [7, 11) is 1.55. The van der Waals surface area contributed by atoms with Gasteiger partial charge in [-0.3, -0.25) is 14.5 Å². The van der Waals surface area contributed by atoms with Crippen LogP contribution in [0, 0.1) is 0 Å². The lowest BCUT2D eigenvalue weighted by Crippen LogP contribution is -2.73. The summed E-state index contributed by atoms with van der Waals surface area (Å²) in [6.45, 7) is 5.47. The fraction of sp³-hybridized carbons (Fsp3) is 0.364. The molecule has 0 bridgehead atoms. The Hall–Kier alpha value is -3.06. The first-order valence-corrected chi connectivity index (χ1v) is 9.40. The van der Waals surface area contributed by atoms with Gasteiger partial charge in [0.15, 0.2) is 6.10 Å². The summed E-state index contributed by atoms with van der Waals surface area (Å²) in [5, 5.41) is 13.5. The third-order valence-electron chi connectivity index (χ3n) is 4.54. The number of hydrogen-bond acceptors (Lipinski definition) is 5. The number of rotatable bonds is 6. The van der Waals surface area contributed by atoms with Crippen molar-refractivity contribution in [2.24, 2.45) is 0 Å². The molecule has 1 aliphatic heterocycles. The number of anilines is 1. The predicted molar refractivity (Wildman–Crippen MR) is 109 cm³/mol. The second-order valence-electron chi connectivity index (χ2n) is 7.93. The highest BCUT2D eigenvalue weighted by atomic mass is 16.5. The molecule has 0 radical (unpaired) electrons. The minimum atomic E-state index is -1.46. The van der Waals surface area contributed by atoms with E-state index in [1.807, 2.05) is 26.8 Å². The minimum absolute atomic E-state index is 0.327. The number of para-hydroxylation sites is 1. The number of methoxy groups -OCH3 is 1. The number of hydrogen-bond donors (Lipinski definition) is 2. The van der Waals surface area contributed by atoms with Crippen LogP contribution in [0.5, 0.6) is 11.5 Å². The number of β-lactam (4-membered cyclic amide) rings is 1. The minimum Gasteiger partial charge on any atom is -0.497 e. The van der Waals surface area contributed by atoms with Crippen molar-refractivity contribution in [1.29, 1.82) is 0 Å². The molecule has 0 aromatic heterocycles. The van der Waals surface area contributed by atoms with Gasteiger partial charge in [0, 0.05) is 11.2 Å². The van der Waals surface area contributed by atoms with Crippen LogP contribution >= 0.6 is 0 Å². The van der Waals surface area contributed by atoms with E-state index in [1.54, 1.807) is 55.6 Å². The first-order chi connectivity index (χ1) is 13.7. The normalized spacial score (nSPS) is 19.9. The van der Waals surface area contributed by atoms with Crippen LogP contribution in [0.15, 0.2) is 54.6 Å². The Balaban J connectivity index is 1.88. The Morgan fingerprint density at radius 2 is 1.69 bits per heavy atom. The number of amides is 2. The molecule has 2 aromatic rings. The molecular weight excluding hydrogens is 372 g/mol. The van der Waals surface area contributed by atoms with Crippen molar-refractivity contribution in [2.45, 2.75) is 44.6 Å². The van der Waals surface area contributed by atoms with Gasteiger partial charge in [0.25, 0.3) is 11.8 Å². The van der Waals surface area contributed by atoms with Gasteiger partial charge in [-0.25, -0.2) is 0 Å². The second kappa shape index (κ2) is 8.13. The van der Waals surface area contributed by atoms with E-state index in [1.165, 1.54) is 4.90 Å². The maximum absolute atomic E-state index is 12.9. The number of benzene rings is 2. The van der Waals surface area contributed by atoms with E-state index in [4.69, 9.17) is 9.47 Å². The van der Waals surface area contributed by atoms with Crippen molar-refractivity contribution < 1.29 is 24.2 Å². The summed E-state index contributed by atoms with van der Waals surface area (Å²) in [5.74, 6) is 0.247. The van der Waals surface area contributed by atoms with E-state index >= 15 is 0 Å². The summed E-state index contributed by atoms with van der Waals surface area (Å²) in [5.41, 5.74) is 0.0309. The Morgan fingerprint density at radius 1 is 1.07 bits per heavy atom. The first-order valence-electron chi connectivity index (χ1n) is 9.40. The number of nitrogens with one attached hydrogen (secondary N) is 1. The van der Waals surface area contributed by atoms with Gasteiger partial charge >= 0.3 is 0 Å². The molecular formula is C22H26N2O5. The number of aliphatic hydroxyl groups excluding tert-OH is 1. The largest absolute Gasteiger partial charge is 0.497 e. The lowest BCUT2D eigenvalue weighted by atomic mass is 9.90. The summed E-state index contributed by atoms with van der Waals surface area (Å²) in [6, 6.07) is 14.8. The van der Waals surface area contributed by atoms with E-state index in [-0.39, 0.29) is 5.91 Å². The van der Waals surface area contributed by atoms with Gasteiger partial charge in [-0.15, -0.1) is 0 Å². The number of nitrogens with zero attached hydrogens (tertiary/aromatic N) is 1. The highest BCUT2D eigenvalue weighted by molar-refractivity contribution is 6.07. The van der Waals surface area contributed by atoms with Crippen molar-refractivity contribution in [3.63, 3.8) is 0 Å². The molecule has 29 heavy (non-hydrogen) atoms. The van der Waals surface area contributed by atoms with Crippen molar-refractivity contribution in [1.82, 2.24) is 5.32 Å². The van der Waals surface area contributed by atoms with Crippen LogP contribution < -0.4 is 19.7 Å². The molecule has 3 unspecified atom stereocenters. The molecule has 0 spiro atoms. The Morgan fingerprint density at radius 3 is 2.24 bits per heavy atom. The third-order valence-corrected chi connectivity index (χ3v) is 4.54. The number of carbonyl (C=O) groups excluding carboxylic acids is 2. The molecule has 1 saturated heterocycles. The zero-order valence-corrected chi connectivity index (χ0v) is 17.0. The smallest absolute Gasteiger partial charge is 0.270 e. The molecule has 3 atom stereocenters. The fourth-order valence-corrected chi connectivity index (χ4v) is 3.20. The second-order valence-corrected chi connectivity index (χ2v) is 7.93. The number of ether oxygens (including phenoxy) is 2. The van der Waals surface area contributed by atoms with Crippen molar-refractivity contribution >= 4 is 17.5 Å². The molecule has 0 aliphatic carbocycles. The van der Waals surface area contributed by atoms with Crippen LogP contribution in [-0.2, 0) is 9.59 Å². The van der Waals surface area contributed by atoms with Crippen LogP contribution in [0.3, 0.4) is 0 Å². The van der Waals surface area contributed by atoms with E-state index < -0.39 is 29.7 Å². The lowest BCUT2D eigenvalue weighted by molar-refractivity contribution is -0.145. The van der Waals surface area contributed by atoms with E-state index in [0.29, 0.717) is 17.2 Å². The van der Waals surface area contributed by atoms with Crippen LogP contribution in [0.1, 0.15) is 20.8 Å². The van der Waals surface area contributed by atoms with Gasteiger partial charge in [0.2, 0.25) is 6.10 Å². The molecule has 7 heteroatoms. The SMILES string of the molecule is COc1ccc(N2C(=O)C(Oc3ccccc3)C2C(O)C(=O)NC(C)(C)C)cc1. The standard InChI is InChI=1S/C22H26N2O5/c1-22(2,3)23-20(26)18(25)17-19(29-16-8-6-5-7-9-16)21(27)24(17)14-10-12-15(28-4)13-11-14/h5-13,17-19,25H,1-4H3,(H,23,26). The number of carbonyl (C=O) groups is 2. The van der Waals surface area contributed by atoms with Crippen LogP contribution in [0.2, 0.25) is 0 Å². The van der Waals surface area contributed by atoms with Crippen LogP contribution in [-0.4, -0.2) is 47.8 Å². The molecule has 3 rings (SSSR count). The van der Waals surface area contributed by atoms with Gasteiger partial charge in [-0.05, 0) is 57.2 Å². The van der Waals surface area contributed by atoms with Crippen LogP contribution in [0.4, 0.5) is 5.69 Å². The molecule has 1 heterocycles. The van der Waals surface area contributed by atoms with Crippen LogP contribution in [0.25, 0.3) is 0 Å². The zero-order chi connectivity index (χ0) is 21.2. The Labute approximate surface area is 170 Å². The molecule has 7 nitrogen and oxygen atoms in total. The van der Waals surface area contributed by atoms with Crippen molar-refractivity contribution in [3.05, 3.63) is 54.6 Å². The third kappa shape index (κ3) is 4.51. The molecule has 154 valence electrons. The molecule has 1 fully saturated rings. The van der Waals surface area contributed by atoms with Gasteiger partial charge in [-0.2, -0.15) is 0 Å². The van der Waals surface area contributed by atoms with E-state index in [9.17, 15) is 14.7 Å². The number of aliphatic hydroxyl groups is 1.